The fraction of sp³-hybridized carbons (Fsp3) is 0.231. The molecule has 7 heteroatoms. The molecule has 0 aliphatic rings. The van der Waals surface area contributed by atoms with Crippen LogP contribution in [0.4, 0.5) is 0 Å². The van der Waals surface area contributed by atoms with Crippen molar-refractivity contribution in [2.75, 3.05) is 19.7 Å². The highest BCUT2D eigenvalue weighted by Crippen LogP contribution is 2.27. The van der Waals surface area contributed by atoms with Crippen LogP contribution in [0.2, 0.25) is 5.02 Å². The van der Waals surface area contributed by atoms with E-state index in [2.05, 4.69) is 22.5 Å². The van der Waals surface area contributed by atoms with Crippen LogP contribution >= 0.6 is 27.5 Å². The van der Waals surface area contributed by atoms with Crippen LogP contribution in [-0.4, -0.2) is 41.6 Å². The summed E-state index contributed by atoms with van der Waals surface area (Å²) in [4.78, 5) is 23.6. The molecule has 1 rings (SSSR count). The third-order valence-electron chi connectivity index (χ3n) is 2.27. The summed E-state index contributed by atoms with van der Waals surface area (Å²) in [6.45, 7) is 2.93. The van der Waals surface area contributed by atoms with Crippen molar-refractivity contribution in [2.24, 2.45) is 0 Å². The van der Waals surface area contributed by atoms with E-state index in [0.29, 0.717) is 10.8 Å². The Hall–Kier alpha value is -1.53. The molecule has 108 valence electrons. The molecule has 1 N–H and O–H groups in total. The molecule has 0 aliphatic carbocycles. The van der Waals surface area contributed by atoms with E-state index < -0.39 is 18.4 Å². The van der Waals surface area contributed by atoms with Gasteiger partial charge in [0.25, 0.3) is 5.91 Å². The van der Waals surface area contributed by atoms with Gasteiger partial charge in [-0.2, -0.15) is 0 Å². The van der Waals surface area contributed by atoms with Crippen molar-refractivity contribution in [3.8, 4) is 5.75 Å². The second kappa shape index (κ2) is 7.91. The molecule has 0 aromatic heterocycles. The number of rotatable bonds is 7. The Morgan fingerprint density at radius 2 is 2.20 bits per heavy atom. The second-order valence-corrected chi connectivity index (χ2v) is 5.14. The number of hydrogen-bond donors (Lipinski definition) is 1. The number of carboxylic acid groups (broad SMARTS) is 1. The number of amides is 1. The molecular weight excluding hydrogens is 350 g/mol. The third-order valence-corrected chi connectivity index (χ3v) is 3.06. The van der Waals surface area contributed by atoms with Gasteiger partial charge in [-0.15, -0.1) is 6.58 Å². The predicted molar refractivity (Wildman–Crippen MR) is 79.1 cm³/mol. The van der Waals surface area contributed by atoms with Gasteiger partial charge in [0.05, 0.1) is 5.02 Å². The molecule has 0 radical (unpaired) electrons. The quantitative estimate of drug-likeness (QED) is 0.757. The Labute approximate surface area is 129 Å². The first kappa shape index (κ1) is 16.5. The van der Waals surface area contributed by atoms with Crippen molar-refractivity contribution in [3.63, 3.8) is 0 Å². The molecule has 0 saturated heterocycles. The van der Waals surface area contributed by atoms with Gasteiger partial charge in [-0.25, -0.2) is 0 Å². The van der Waals surface area contributed by atoms with Crippen LogP contribution in [0.5, 0.6) is 5.75 Å². The number of benzene rings is 1. The minimum Gasteiger partial charge on any atom is -0.482 e. The van der Waals surface area contributed by atoms with Crippen molar-refractivity contribution in [3.05, 3.63) is 40.3 Å². The van der Waals surface area contributed by atoms with Gasteiger partial charge in [0, 0.05) is 11.0 Å². The van der Waals surface area contributed by atoms with Crippen LogP contribution in [0.3, 0.4) is 0 Å². The number of carbonyl (C=O) groups excluding carboxylic acids is 1. The Balaban J connectivity index is 2.64. The van der Waals surface area contributed by atoms with E-state index in [1.54, 1.807) is 18.2 Å². The van der Waals surface area contributed by atoms with Crippen molar-refractivity contribution >= 4 is 39.4 Å². The Bertz CT molecular complexity index is 521. The number of halogens is 2. The summed E-state index contributed by atoms with van der Waals surface area (Å²) in [5, 5.41) is 9.09. The first-order valence-corrected chi connectivity index (χ1v) is 6.79. The van der Waals surface area contributed by atoms with E-state index >= 15 is 0 Å². The molecule has 20 heavy (non-hydrogen) atoms. The zero-order chi connectivity index (χ0) is 15.1. The van der Waals surface area contributed by atoms with E-state index in [1.165, 1.54) is 6.08 Å². The standard InChI is InChI=1S/C13H13BrClNO4/c1-2-5-16(7-13(18)19)12(17)8-20-11-4-3-9(14)6-10(11)15/h2-4,6H,1,5,7-8H2,(H,18,19). The van der Waals surface area contributed by atoms with Crippen molar-refractivity contribution in [1.82, 2.24) is 4.90 Å². The summed E-state index contributed by atoms with van der Waals surface area (Å²) in [7, 11) is 0. The summed E-state index contributed by atoms with van der Waals surface area (Å²) in [6, 6.07) is 4.99. The molecule has 1 amide bonds. The lowest BCUT2D eigenvalue weighted by atomic mass is 10.3. The average molecular weight is 363 g/mol. The SMILES string of the molecule is C=CCN(CC(=O)O)C(=O)COc1ccc(Br)cc1Cl. The fourth-order valence-corrected chi connectivity index (χ4v) is 2.12. The lowest BCUT2D eigenvalue weighted by Crippen LogP contribution is -2.38. The minimum atomic E-state index is -1.10. The highest BCUT2D eigenvalue weighted by atomic mass is 79.9. The summed E-state index contributed by atoms with van der Waals surface area (Å²) in [5.41, 5.74) is 0. The van der Waals surface area contributed by atoms with Crippen molar-refractivity contribution < 1.29 is 19.4 Å². The zero-order valence-corrected chi connectivity index (χ0v) is 12.9. The third kappa shape index (κ3) is 5.22. The molecule has 0 spiro atoms. The Morgan fingerprint density at radius 1 is 1.50 bits per heavy atom. The van der Waals surface area contributed by atoms with E-state index in [4.69, 9.17) is 21.4 Å². The number of ether oxygens (including phenoxy) is 1. The van der Waals surface area contributed by atoms with E-state index in [-0.39, 0.29) is 13.2 Å². The number of nitrogens with zero attached hydrogens (tertiary/aromatic N) is 1. The normalized spacial score (nSPS) is 9.90. The minimum absolute atomic E-state index is 0.141. The first-order valence-electron chi connectivity index (χ1n) is 5.62. The molecule has 0 unspecified atom stereocenters. The van der Waals surface area contributed by atoms with Gasteiger partial charge in [-0.05, 0) is 18.2 Å². The van der Waals surface area contributed by atoms with Crippen LogP contribution in [0.1, 0.15) is 0 Å². The van der Waals surface area contributed by atoms with Crippen LogP contribution < -0.4 is 4.74 Å². The average Bonchev–Trinajstić information content (AvgIpc) is 2.36. The molecule has 0 heterocycles. The molecule has 0 aliphatic heterocycles. The van der Waals surface area contributed by atoms with E-state index in [9.17, 15) is 9.59 Å². The molecular formula is C13H13BrClNO4. The van der Waals surface area contributed by atoms with E-state index in [1.807, 2.05) is 0 Å². The first-order chi connectivity index (χ1) is 9.43. The monoisotopic (exact) mass is 361 g/mol. The maximum Gasteiger partial charge on any atom is 0.323 e. The number of carbonyl (C=O) groups is 2. The van der Waals surface area contributed by atoms with Gasteiger partial charge in [0.15, 0.2) is 6.61 Å². The maximum absolute atomic E-state index is 11.9. The fourth-order valence-electron chi connectivity index (χ4n) is 1.40. The van der Waals surface area contributed by atoms with Crippen molar-refractivity contribution in [1.29, 1.82) is 0 Å². The van der Waals surface area contributed by atoms with E-state index in [0.717, 1.165) is 9.37 Å². The van der Waals surface area contributed by atoms with Crippen LogP contribution in [0.25, 0.3) is 0 Å². The largest absolute Gasteiger partial charge is 0.482 e. The summed E-state index contributed by atoms with van der Waals surface area (Å²) < 4.78 is 6.08. The van der Waals surface area contributed by atoms with Gasteiger partial charge < -0.3 is 14.7 Å². The van der Waals surface area contributed by atoms with Crippen LogP contribution in [0.15, 0.2) is 35.3 Å². The zero-order valence-electron chi connectivity index (χ0n) is 10.5. The predicted octanol–water partition coefficient (Wildman–Crippen LogP) is 2.58. The summed E-state index contributed by atoms with van der Waals surface area (Å²) in [5.74, 6) is -1.19. The van der Waals surface area contributed by atoms with Crippen LogP contribution in [-0.2, 0) is 9.59 Å². The molecule has 0 saturated carbocycles. The lowest BCUT2D eigenvalue weighted by Gasteiger charge is -2.19. The second-order valence-electron chi connectivity index (χ2n) is 3.82. The highest BCUT2D eigenvalue weighted by Gasteiger charge is 2.16. The smallest absolute Gasteiger partial charge is 0.323 e. The number of hydrogen-bond acceptors (Lipinski definition) is 3. The Morgan fingerprint density at radius 3 is 2.75 bits per heavy atom. The molecule has 1 aromatic rings. The molecule has 5 nitrogen and oxygen atoms in total. The Kier molecular flexibility index (Phi) is 6.54. The maximum atomic E-state index is 11.9. The van der Waals surface area contributed by atoms with Gasteiger partial charge in [0.2, 0.25) is 0 Å². The number of aliphatic carboxylic acids is 1. The molecule has 0 fully saturated rings. The molecule has 0 atom stereocenters. The van der Waals surface area contributed by atoms with Gasteiger partial charge in [0.1, 0.15) is 12.3 Å². The lowest BCUT2D eigenvalue weighted by molar-refractivity contribution is -0.144. The van der Waals surface area contributed by atoms with Gasteiger partial charge in [-0.3, -0.25) is 9.59 Å². The summed E-state index contributed by atoms with van der Waals surface area (Å²) >= 11 is 9.20. The molecule has 1 aromatic carbocycles. The van der Waals surface area contributed by atoms with Gasteiger partial charge >= 0.3 is 5.97 Å². The summed E-state index contributed by atoms with van der Waals surface area (Å²) in [6.07, 6.45) is 1.45. The highest BCUT2D eigenvalue weighted by molar-refractivity contribution is 9.10. The van der Waals surface area contributed by atoms with Crippen LogP contribution in [0, 0.1) is 0 Å². The van der Waals surface area contributed by atoms with Crippen molar-refractivity contribution in [2.45, 2.75) is 0 Å². The number of carboxylic acids is 1. The topological polar surface area (TPSA) is 66.8 Å². The van der Waals surface area contributed by atoms with Gasteiger partial charge in [-0.1, -0.05) is 33.6 Å². The molecule has 0 bridgehead atoms.